The third-order valence-electron chi connectivity index (χ3n) is 3.88. The summed E-state index contributed by atoms with van der Waals surface area (Å²) in [6.07, 6.45) is 0.867. The van der Waals surface area contributed by atoms with Gasteiger partial charge < -0.3 is 14.2 Å². The second-order valence-corrected chi connectivity index (χ2v) is 6.06. The van der Waals surface area contributed by atoms with Gasteiger partial charge in [0.1, 0.15) is 0 Å². The van der Waals surface area contributed by atoms with E-state index in [1.807, 2.05) is 19.1 Å². The molecule has 25 heavy (non-hydrogen) atoms. The first-order chi connectivity index (χ1) is 12.0. The van der Waals surface area contributed by atoms with E-state index in [9.17, 15) is 4.79 Å². The number of pyridine rings is 1. The Bertz CT molecular complexity index is 882. The Balaban J connectivity index is 1.71. The molecule has 2 aliphatic rings. The van der Waals surface area contributed by atoms with Crippen LogP contribution in [0.2, 0.25) is 5.02 Å². The summed E-state index contributed by atoms with van der Waals surface area (Å²) in [5.41, 5.74) is 2.12. The van der Waals surface area contributed by atoms with Crippen molar-refractivity contribution in [1.29, 1.82) is 0 Å². The third kappa shape index (κ3) is 2.76. The summed E-state index contributed by atoms with van der Waals surface area (Å²) in [5, 5.41) is 5.94. The molecule has 4 rings (SSSR count). The highest BCUT2D eigenvalue weighted by molar-refractivity contribution is 6.31. The molecule has 0 saturated heterocycles. The molecule has 1 atom stereocenters. The van der Waals surface area contributed by atoms with Gasteiger partial charge in [0.2, 0.25) is 24.8 Å². The number of halogens is 1. The van der Waals surface area contributed by atoms with E-state index in [2.05, 4.69) is 10.1 Å². The maximum Gasteiger partial charge on any atom is 0.243 e. The number of hydrazone groups is 1. The Morgan fingerprint density at radius 2 is 2.04 bits per heavy atom. The Morgan fingerprint density at radius 3 is 2.72 bits per heavy atom. The minimum absolute atomic E-state index is 0.133. The van der Waals surface area contributed by atoms with Crippen molar-refractivity contribution in [3.05, 3.63) is 52.3 Å². The second-order valence-electron chi connectivity index (χ2n) is 5.65. The Hall–Kier alpha value is -2.80. The highest BCUT2D eigenvalue weighted by Gasteiger charge is 2.35. The highest BCUT2D eigenvalue weighted by Crippen LogP contribution is 2.42. The summed E-state index contributed by atoms with van der Waals surface area (Å²) >= 11 is 6.36. The van der Waals surface area contributed by atoms with Gasteiger partial charge in [-0.05, 0) is 25.1 Å². The molecule has 0 radical (unpaired) electrons. The maximum atomic E-state index is 12.0. The van der Waals surface area contributed by atoms with E-state index in [1.165, 1.54) is 11.9 Å². The number of hydrogen-bond acceptors (Lipinski definition) is 6. The molecule has 0 spiro atoms. The Morgan fingerprint density at radius 1 is 1.28 bits per heavy atom. The van der Waals surface area contributed by atoms with Crippen LogP contribution >= 0.6 is 11.6 Å². The molecule has 8 heteroatoms. The van der Waals surface area contributed by atoms with Gasteiger partial charge in [0.25, 0.3) is 0 Å². The minimum atomic E-state index is -0.782. The standard InChI is InChI=1S/C17H14ClN3O4/c1-9-3-4-11(7-19-9)16-20-21(10(2)22)17(25-16)12-5-14-15(6-13(12)18)24-8-23-14/h3-7,17H,8H2,1-2H3. The van der Waals surface area contributed by atoms with Gasteiger partial charge in [0, 0.05) is 30.4 Å². The monoisotopic (exact) mass is 359 g/mol. The number of fused-ring (bicyclic) bond motifs is 1. The van der Waals surface area contributed by atoms with Crippen LogP contribution in [0.3, 0.4) is 0 Å². The fraction of sp³-hybridized carbons (Fsp3) is 0.235. The van der Waals surface area contributed by atoms with E-state index in [4.69, 9.17) is 25.8 Å². The van der Waals surface area contributed by atoms with E-state index in [-0.39, 0.29) is 12.7 Å². The fourth-order valence-electron chi connectivity index (χ4n) is 2.60. The SMILES string of the molecule is CC(=O)N1N=C(c2ccc(C)nc2)OC1c1cc2c(cc1Cl)OCO2. The van der Waals surface area contributed by atoms with Gasteiger partial charge in [0.15, 0.2) is 11.5 Å². The van der Waals surface area contributed by atoms with E-state index >= 15 is 0 Å². The largest absolute Gasteiger partial charge is 0.454 e. The predicted molar refractivity (Wildman–Crippen MR) is 89.4 cm³/mol. The zero-order chi connectivity index (χ0) is 17.6. The molecule has 0 saturated carbocycles. The van der Waals surface area contributed by atoms with Crippen molar-refractivity contribution < 1.29 is 19.0 Å². The van der Waals surface area contributed by atoms with Crippen molar-refractivity contribution in [2.24, 2.45) is 5.10 Å². The molecule has 0 aliphatic carbocycles. The number of hydrogen-bond donors (Lipinski definition) is 0. The number of nitrogens with zero attached hydrogens (tertiary/aromatic N) is 3. The highest BCUT2D eigenvalue weighted by atomic mass is 35.5. The van der Waals surface area contributed by atoms with Crippen molar-refractivity contribution in [2.45, 2.75) is 20.1 Å². The van der Waals surface area contributed by atoms with Crippen molar-refractivity contribution in [3.8, 4) is 11.5 Å². The number of carbonyl (C=O) groups excluding carboxylic acids is 1. The molecule has 1 aromatic carbocycles. The molecule has 1 aromatic heterocycles. The van der Waals surface area contributed by atoms with Gasteiger partial charge in [0.05, 0.1) is 10.6 Å². The van der Waals surface area contributed by atoms with Gasteiger partial charge in [-0.2, -0.15) is 5.01 Å². The first-order valence-electron chi connectivity index (χ1n) is 7.60. The van der Waals surface area contributed by atoms with Crippen LogP contribution in [-0.4, -0.2) is 28.6 Å². The topological polar surface area (TPSA) is 73.3 Å². The van der Waals surface area contributed by atoms with Crippen molar-refractivity contribution in [2.75, 3.05) is 6.79 Å². The van der Waals surface area contributed by atoms with Crippen LogP contribution in [0.1, 0.15) is 30.0 Å². The smallest absolute Gasteiger partial charge is 0.243 e. The van der Waals surface area contributed by atoms with Gasteiger partial charge >= 0.3 is 0 Å². The number of benzene rings is 1. The van der Waals surface area contributed by atoms with E-state index in [0.29, 0.717) is 33.5 Å². The summed E-state index contributed by atoms with van der Waals surface area (Å²) in [6, 6.07) is 7.03. The average molecular weight is 360 g/mol. The molecule has 2 aliphatic heterocycles. The van der Waals surface area contributed by atoms with Crippen molar-refractivity contribution in [3.63, 3.8) is 0 Å². The zero-order valence-electron chi connectivity index (χ0n) is 13.5. The lowest BCUT2D eigenvalue weighted by atomic mass is 10.1. The molecular formula is C17H14ClN3O4. The van der Waals surface area contributed by atoms with Crippen LogP contribution in [-0.2, 0) is 9.53 Å². The normalized spacial score (nSPS) is 18.1. The van der Waals surface area contributed by atoms with Crippen LogP contribution in [0.5, 0.6) is 11.5 Å². The lowest BCUT2D eigenvalue weighted by Crippen LogP contribution is -2.25. The first kappa shape index (κ1) is 15.7. The molecule has 128 valence electrons. The first-order valence-corrected chi connectivity index (χ1v) is 7.98. The number of aryl methyl sites for hydroxylation is 1. The quantitative estimate of drug-likeness (QED) is 0.824. The third-order valence-corrected chi connectivity index (χ3v) is 4.21. The van der Waals surface area contributed by atoms with Gasteiger partial charge in [-0.25, -0.2) is 0 Å². The van der Waals surface area contributed by atoms with Crippen molar-refractivity contribution >= 4 is 23.4 Å². The van der Waals surface area contributed by atoms with Crippen LogP contribution in [0, 0.1) is 6.92 Å². The summed E-state index contributed by atoms with van der Waals surface area (Å²) in [5.74, 6) is 1.15. The summed E-state index contributed by atoms with van der Waals surface area (Å²) in [6.45, 7) is 3.43. The summed E-state index contributed by atoms with van der Waals surface area (Å²) in [4.78, 5) is 16.3. The minimum Gasteiger partial charge on any atom is -0.454 e. The Labute approximate surface area is 148 Å². The molecule has 0 bridgehead atoms. The number of aromatic nitrogens is 1. The molecule has 0 fully saturated rings. The van der Waals surface area contributed by atoms with Gasteiger partial charge in [-0.1, -0.05) is 11.6 Å². The Kier molecular flexibility index (Phi) is 3.73. The van der Waals surface area contributed by atoms with Crippen molar-refractivity contribution in [1.82, 2.24) is 9.99 Å². The number of ether oxygens (including phenoxy) is 3. The lowest BCUT2D eigenvalue weighted by Gasteiger charge is -2.20. The summed E-state index contributed by atoms with van der Waals surface area (Å²) < 4.78 is 16.6. The molecule has 0 N–H and O–H groups in total. The van der Waals surface area contributed by atoms with Crippen LogP contribution in [0.25, 0.3) is 0 Å². The van der Waals surface area contributed by atoms with E-state index in [0.717, 1.165) is 5.69 Å². The molecule has 1 unspecified atom stereocenters. The second kappa shape index (κ2) is 5.93. The molecule has 7 nitrogen and oxygen atoms in total. The van der Waals surface area contributed by atoms with Crippen LogP contribution < -0.4 is 9.47 Å². The maximum absolute atomic E-state index is 12.0. The number of amides is 1. The van der Waals surface area contributed by atoms with E-state index in [1.54, 1.807) is 18.3 Å². The van der Waals surface area contributed by atoms with Gasteiger partial charge in [-0.3, -0.25) is 9.78 Å². The average Bonchev–Trinajstić information content (AvgIpc) is 3.21. The van der Waals surface area contributed by atoms with Gasteiger partial charge in [-0.15, -0.1) is 5.10 Å². The predicted octanol–water partition coefficient (Wildman–Crippen LogP) is 3.01. The number of rotatable bonds is 2. The lowest BCUT2D eigenvalue weighted by molar-refractivity contribution is -0.135. The molecule has 1 amide bonds. The molecule has 2 aromatic rings. The fourth-order valence-corrected chi connectivity index (χ4v) is 2.85. The summed E-state index contributed by atoms with van der Waals surface area (Å²) in [7, 11) is 0. The molecule has 3 heterocycles. The van der Waals surface area contributed by atoms with Crippen LogP contribution in [0.4, 0.5) is 0 Å². The van der Waals surface area contributed by atoms with Crippen LogP contribution in [0.15, 0.2) is 35.6 Å². The zero-order valence-corrected chi connectivity index (χ0v) is 14.3. The number of carbonyl (C=O) groups is 1. The van der Waals surface area contributed by atoms with E-state index < -0.39 is 6.23 Å². The molecular weight excluding hydrogens is 346 g/mol.